The summed E-state index contributed by atoms with van der Waals surface area (Å²) in [6.07, 6.45) is 2.58. The second kappa shape index (κ2) is 3.05. The minimum atomic E-state index is 1.18. The molecule has 0 aromatic carbocycles. The molecule has 0 aromatic heterocycles. The van der Waals surface area contributed by atoms with Crippen LogP contribution < -0.4 is 5.43 Å². The van der Waals surface area contributed by atoms with Crippen LogP contribution in [-0.2, 0) is 0 Å². The molecule has 0 unspecified atom stereocenters. The van der Waals surface area contributed by atoms with Gasteiger partial charge in [-0.25, -0.2) is 5.01 Å². The molecule has 0 aliphatic carbocycles. The lowest BCUT2D eigenvalue weighted by atomic mass is 10.4. The Hall–Kier alpha value is -0.0800. The molecule has 8 heavy (non-hydrogen) atoms. The molecule has 0 radical (unpaired) electrons. The van der Waals surface area contributed by atoms with E-state index in [4.69, 9.17) is 0 Å². The molecule has 1 saturated heterocycles. The fourth-order valence-electron chi connectivity index (χ4n) is 1.05. The predicted molar refractivity (Wildman–Crippen MR) is 34.5 cm³/mol. The van der Waals surface area contributed by atoms with Gasteiger partial charge in [0.1, 0.15) is 0 Å². The lowest BCUT2D eigenvalue weighted by molar-refractivity contribution is 0.254. The van der Waals surface area contributed by atoms with E-state index in [-0.39, 0.29) is 0 Å². The quantitative estimate of drug-likeness (QED) is 0.565. The molecule has 2 heteroatoms. The standard InChI is InChI=1S/C6H14N2/c1-2-5-8-6-3-4-7-8/h7H,2-6H2,1H3. The number of nitrogens with zero attached hydrogens (tertiary/aromatic N) is 1. The molecular weight excluding hydrogens is 100 g/mol. The summed E-state index contributed by atoms with van der Waals surface area (Å²) in [5.41, 5.74) is 3.29. The summed E-state index contributed by atoms with van der Waals surface area (Å²) in [7, 11) is 0. The third-order valence-corrected chi connectivity index (χ3v) is 1.43. The maximum absolute atomic E-state index is 3.29. The molecule has 1 aliphatic rings. The van der Waals surface area contributed by atoms with E-state index in [2.05, 4.69) is 17.4 Å². The van der Waals surface area contributed by atoms with E-state index in [1.165, 1.54) is 32.5 Å². The Bertz CT molecular complexity index is 57.5. The topological polar surface area (TPSA) is 15.3 Å². The van der Waals surface area contributed by atoms with Crippen LogP contribution in [0.25, 0.3) is 0 Å². The first-order chi connectivity index (χ1) is 3.93. The SMILES string of the molecule is CCCN1CCCN1. The van der Waals surface area contributed by atoms with Gasteiger partial charge in [-0.3, -0.25) is 5.43 Å². The van der Waals surface area contributed by atoms with E-state index >= 15 is 0 Å². The average Bonchev–Trinajstić information content (AvgIpc) is 2.19. The van der Waals surface area contributed by atoms with E-state index in [1.54, 1.807) is 0 Å². The first-order valence-electron chi connectivity index (χ1n) is 3.42. The first kappa shape index (κ1) is 6.05. The van der Waals surface area contributed by atoms with Crippen LogP contribution in [0.1, 0.15) is 19.8 Å². The van der Waals surface area contributed by atoms with E-state index in [0.29, 0.717) is 0 Å². The highest BCUT2D eigenvalue weighted by Crippen LogP contribution is 1.95. The second-order valence-corrected chi connectivity index (χ2v) is 2.25. The lowest BCUT2D eigenvalue weighted by Gasteiger charge is -2.12. The number of hydrazine groups is 1. The third kappa shape index (κ3) is 1.46. The summed E-state index contributed by atoms with van der Waals surface area (Å²) in [5, 5.41) is 2.29. The monoisotopic (exact) mass is 114 g/mol. The molecule has 1 fully saturated rings. The van der Waals surface area contributed by atoms with E-state index < -0.39 is 0 Å². The van der Waals surface area contributed by atoms with Crippen molar-refractivity contribution in [2.24, 2.45) is 0 Å². The summed E-state index contributed by atoms with van der Waals surface area (Å²) in [5.74, 6) is 0. The highest BCUT2D eigenvalue weighted by atomic mass is 15.5. The Morgan fingerprint density at radius 2 is 2.50 bits per heavy atom. The number of hydrogen-bond donors (Lipinski definition) is 1. The molecule has 1 N–H and O–H groups in total. The number of hydrogen-bond acceptors (Lipinski definition) is 2. The highest BCUT2D eigenvalue weighted by molar-refractivity contribution is 4.59. The van der Waals surface area contributed by atoms with Crippen molar-refractivity contribution < 1.29 is 0 Å². The minimum absolute atomic E-state index is 1.18. The Kier molecular flexibility index (Phi) is 2.30. The molecule has 0 saturated carbocycles. The van der Waals surface area contributed by atoms with Gasteiger partial charge in [0.2, 0.25) is 0 Å². The maximum Gasteiger partial charge on any atom is 0.0143 e. The molecule has 0 bridgehead atoms. The molecule has 0 spiro atoms. The van der Waals surface area contributed by atoms with Crippen LogP contribution in [0.15, 0.2) is 0 Å². The van der Waals surface area contributed by atoms with Crippen molar-refractivity contribution in [3.05, 3.63) is 0 Å². The van der Waals surface area contributed by atoms with E-state index in [1.807, 2.05) is 0 Å². The van der Waals surface area contributed by atoms with Crippen molar-refractivity contribution in [3.8, 4) is 0 Å². The normalized spacial score (nSPS) is 22.1. The molecular formula is C6H14N2. The molecule has 0 atom stereocenters. The van der Waals surface area contributed by atoms with Crippen molar-refractivity contribution in [3.63, 3.8) is 0 Å². The fraction of sp³-hybridized carbons (Fsp3) is 1.00. The fourth-order valence-corrected chi connectivity index (χ4v) is 1.05. The number of nitrogens with one attached hydrogen (secondary N) is 1. The van der Waals surface area contributed by atoms with Gasteiger partial charge in [-0.2, -0.15) is 0 Å². The summed E-state index contributed by atoms with van der Waals surface area (Å²) in [6.45, 7) is 5.84. The zero-order chi connectivity index (χ0) is 5.82. The van der Waals surface area contributed by atoms with Crippen molar-refractivity contribution in [1.82, 2.24) is 10.4 Å². The zero-order valence-corrected chi connectivity index (χ0v) is 5.48. The van der Waals surface area contributed by atoms with Crippen LogP contribution in [0.5, 0.6) is 0 Å². The Labute approximate surface area is 50.8 Å². The second-order valence-electron chi connectivity index (χ2n) is 2.25. The van der Waals surface area contributed by atoms with Gasteiger partial charge in [0.15, 0.2) is 0 Å². The Morgan fingerprint density at radius 3 is 3.00 bits per heavy atom. The van der Waals surface area contributed by atoms with Crippen LogP contribution in [0.3, 0.4) is 0 Å². The smallest absolute Gasteiger partial charge is 0.0143 e. The molecule has 1 rings (SSSR count). The summed E-state index contributed by atoms with van der Waals surface area (Å²) < 4.78 is 0. The zero-order valence-electron chi connectivity index (χ0n) is 5.48. The molecule has 0 aromatic rings. The van der Waals surface area contributed by atoms with Gasteiger partial charge < -0.3 is 0 Å². The van der Waals surface area contributed by atoms with Crippen molar-refractivity contribution in [2.75, 3.05) is 19.6 Å². The van der Waals surface area contributed by atoms with Gasteiger partial charge in [0, 0.05) is 19.6 Å². The van der Waals surface area contributed by atoms with Gasteiger partial charge in [-0.15, -0.1) is 0 Å². The largest absolute Gasteiger partial charge is 0.255 e. The van der Waals surface area contributed by atoms with Crippen LogP contribution in [0.2, 0.25) is 0 Å². The van der Waals surface area contributed by atoms with Crippen LogP contribution >= 0.6 is 0 Å². The summed E-state index contributed by atoms with van der Waals surface area (Å²) >= 11 is 0. The van der Waals surface area contributed by atoms with Crippen LogP contribution in [-0.4, -0.2) is 24.6 Å². The van der Waals surface area contributed by atoms with Gasteiger partial charge in [-0.1, -0.05) is 6.92 Å². The van der Waals surface area contributed by atoms with Crippen molar-refractivity contribution in [2.45, 2.75) is 19.8 Å². The van der Waals surface area contributed by atoms with Gasteiger partial charge in [0.25, 0.3) is 0 Å². The summed E-state index contributed by atoms with van der Waals surface area (Å²) in [4.78, 5) is 0. The van der Waals surface area contributed by atoms with Gasteiger partial charge >= 0.3 is 0 Å². The first-order valence-corrected chi connectivity index (χ1v) is 3.42. The molecule has 0 amide bonds. The lowest BCUT2D eigenvalue weighted by Crippen LogP contribution is -2.31. The van der Waals surface area contributed by atoms with E-state index in [0.717, 1.165) is 0 Å². The maximum atomic E-state index is 3.29. The van der Waals surface area contributed by atoms with Crippen LogP contribution in [0.4, 0.5) is 0 Å². The van der Waals surface area contributed by atoms with Crippen molar-refractivity contribution in [1.29, 1.82) is 0 Å². The average molecular weight is 114 g/mol. The molecule has 48 valence electrons. The predicted octanol–water partition coefficient (Wildman–Crippen LogP) is 0.607. The highest BCUT2D eigenvalue weighted by Gasteiger charge is 2.07. The third-order valence-electron chi connectivity index (χ3n) is 1.43. The summed E-state index contributed by atoms with van der Waals surface area (Å²) in [6, 6.07) is 0. The molecule has 2 nitrogen and oxygen atoms in total. The Morgan fingerprint density at radius 1 is 1.62 bits per heavy atom. The van der Waals surface area contributed by atoms with Crippen LogP contribution in [0, 0.1) is 0 Å². The molecule has 1 aliphatic heterocycles. The van der Waals surface area contributed by atoms with E-state index in [9.17, 15) is 0 Å². The molecule has 1 heterocycles. The van der Waals surface area contributed by atoms with Crippen molar-refractivity contribution >= 4 is 0 Å². The minimum Gasteiger partial charge on any atom is -0.255 e. The van der Waals surface area contributed by atoms with Gasteiger partial charge in [0.05, 0.1) is 0 Å². The Balaban J connectivity index is 2.06. The number of rotatable bonds is 2. The van der Waals surface area contributed by atoms with Gasteiger partial charge in [-0.05, 0) is 12.8 Å².